The van der Waals surface area contributed by atoms with Gasteiger partial charge in [0.05, 0.1) is 5.69 Å². The summed E-state index contributed by atoms with van der Waals surface area (Å²) in [5.41, 5.74) is 1.49. The molecule has 0 spiro atoms. The first-order valence-electron chi connectivity index (χ1n) is 5.49. The molecule has 2 aromatic rings. The van der Waals surface area contributed by atoms with Crippen LogP contribution in [0.25, 0.3) is 0 Å². The Morgan fingerprint density at radius 3 is 2.83 bits per heavy atom. The van der Waals surface area contributed by atoms with Gasteiger partial charge in [-0.15, -0.1) is 0 Å². The van der Waals surface area contributed by atoms with Crippen LogP contribution in [0.2, 0.25) is 0 Å². The van der Waals surface area contributed by atoms with Crippen molar-refractivity contribution in [2.45, 2.75) is 13.5 Å². The standard InChI is InChI=1S/C14H12BrNO2/c1-10(17)11-3-2-4-14(7-11)18-9-13-6-5-12(15)8-16-13/h2-8H,9H2,1H3. The Morgan fingerprint density at radius 2 is 2.17 bits per heavy atom. The molecule has 0 atom stereocenters. The minimum absolute atomic E-state index is 0.0298. The number of hydrogen-bond acceptors (Lipinski definition) is 3. The van der Waals surface area contributed by atoms with Gasteiger partial charge in [-0.1, -0.05) is 12.1 Å². The first-order valence-corrected chi connectivity index (χ1v) is 6.28. The highest BCUT2D eigenvalue weighted by Gasteiger charge is 2.02. The van der Waals surface area contributed by atoms with E-state index < -0.39 is 0 Å². The fraction of sp³-hybridized carbons (Fsp3) is 0.143. The Bertz CT molecular complexity index is 552. The van der Waals surface area contributed by atoms with Crippen molar-refractivity contribution >= 4 is 21.7 Å². The third-order valence-electron chi connectivity index (χ3n) is 2.42. The molecule has 1 aromatic heterocycles. The van der Waals surface area contributed by atoms with E-state index in [1.54, 1.807) is 24.4 Å². The van der Waals surface area contributed by atoms with E-state index in [9.17, 15) is 4.79 Å². The molecule has 0 saturated heterocycles. The lowest BCUT2D eigenvalue weighted by Crippen LogP contribution is -1.99. The predicted molar refractivity (Wildman–Crippen MR) is 72.7 cm³/mol. The van der Waals surface area contributed by atoms with E-state index in [2.05, 4.69) is 20.9 Å². The molecule has 18 heavy (non-hydrogen) atoms. The van der Waals surface area contributed by atoms with Crippen LogP contribution < -0.4 is 4.74 Å². The maximum absolute atomic E-state index is 11.2. The van der Waals surface area contributed by atoms with E-state index in [0.717, 1.165) is 10.2 Å². The van der Waals surface area contributed by atoms with Crippen molar-refractivity contribution in [3.8, 4) is 5.75 Å². The molecule has 0 aliphatic carbocycles. The topological polar surface area (TPSA) is 39.2 Å². The van der Waals surface area contributed by atoms with Crippen LogP contribution in [-0.4, -0.2) is 10.8 Å². The summed E-state index contributed by atoms with van der Waals surface area (Å²) in [4.78, 5) is 15.4. The minimum atomic E-state index is 0.0298. The second kappa shape index (κ2) is 5.78. The minimum Gasteiger partial charge on any atom is -0.487 e. The number of aromatic nitrogens is 1. The maximum atomic E-state index is 11.2. The van der Waals surface area contributed by atoms with Crippen molar-refractivity contribution in [3.63, 3.8) is 0 Å². The molecule has 0 fully saturated rings. The second-order valence-electron chi connectivity index (χ2n) is 3.84. The van der Waals surface area contributed by atoms with Gasteiger partial charge < -0.3 is 4.74 Å². The Kier molecular flexibility index (Phi) is 4.10. The monoisotopic (exact) mass is 305 g/mol. The Labute approximate surface area is 114 Å². The third-order valence-corrected chi connectivity index (χ3v) is 2.89. The summed E-state index contributed by atoms with van der Waals surface area (Å²) >= 11 is 3.33. The lowest BCUT2D eigenvalue weighted by Gasteiger charge is -2.06. The summed E-state index contributed by atoms with van der Waals surface area (Å²) in [5, 5.41) is 0. The SMILES string of the molecule is CC(=O)c1cccc(OCc2ccc(Br)cn2)c1. The number of halogens is 1. The van der Waals surface area contributed by atoms with Crippen LogP contribution in [0.15, 0.2) is 47.1 Å². The molecule has 1 heterocycles. The number of nitrogens with zero attached hydrogens (tertiary/aromatic N) is 1. The number of benzene rings is 1. The number of carbonyl (C=O) groups excluding carboxylic acids is 1. The summed E-state index contributed by atoms with van der Waals surface area (Å²) in [6.07, 6.45) is 1.73. The van der Waals surface area contributed by atoms with E-state index in [4.69, 9.17) is 4.74 Å². The molecule has 1 aromatic carbocycles. The molecular formula is C14H12BrNO2. The van der Waals surface area contributed by atoms with Gasteiger partial charge >= 0.3 is 0 Å². The lowest BCUT2D eigenvalue weighted by atomic mass is 10.1. The van der Waals surface area contributed by atoms with Crippen LogP contribution in [0.4, 0.5) is 0 Å². The Hall–Kier alpha value is -1.68. The van der Waals surface area contributed by atoms with Crippen LogP contribution >= 0.6 is 15.9 Å². The van der Waals surface area contributed by atoms with E-state index >= 15 is 0 Å². The second-order valence-corrected chi connectivity index (χ2v) is 4.76. The molecule has 0 radical (unpaired) electrons. The fourth-order valence-electron chi connectivity index (χ4n) is 1.45. The van der Waals surface area contributed by atoms with Crippen molar-refractivity contribution in [1.29, 1.82) is 0 Å². The Balaban J connectivity index is 2.04. The number of ketones is 1. The molecule has 92 valence electrons. The lowest BCUT2D eigenvalue weighted by molar-refractivity contribution is 0.101. The van der Waals surface area contributed by atoms with Crippen LogP contribution in [-0.2, 0) is 6.61 Å². The van der Waals surface area contributed by atoms with Crippen molar-refractivity contribution < 1.29 is 9.53 Å². The van der Waals surface area contributed by atoms with Crippen molar-refractivity contribution in [2.75, 3.05) is 0 Å². The molecular weight excluding hydrogens is 294 g/mol. The average Bonchev–Trinajstić information content (AvgIpc) is 2.38. The molecule has 0 aliphatic heterocycles. The zero-order valence-corrected chi connectivity index (χ0v) is 11.5. The van der Waals surface area contributed by atoms with Gasteiger partial charge in [0.25, 0.3) is 0 Å². The Morgan fingerprint density at radius 1 is 1.33 bits per heavy atom. The molecule has 0 aliphatic rings. The van der Waals surface area contributed by atoms with Crippen molar-refractivity contribution in [3.05, 3.63) is 58.3 Å². The first kappa shape index (κ1) is 12.8. The van der Waals surface area contributed by atoms with Crippen LogP contribution in [0.3, 0.4) is 0 Å². The van der Waals surface area contributed by atoms with Gasteiger partial charge in [0.15, 0.2) is 5.78 Å². The molecule has 4 heteroatoms. The summed E-state index contributed by atoms with van der Waals surface area (Å²) < 4.78 is 6.53. The molecule has 2 rings (SSSR count). The van der Waals surface area contributed by atoms with Gasteiger partial charge in [-0.05, 0) is 47.1 Å². The zero-order chi connectivity index (χ0) is 13.0. The van der Waals surface area contributed by atoms with E-state index in [1.807, 2.05) is 18.2 Å². The molecule has 0 amide bonds. The maximum Gasteiger partial charge on any atom is 0.159 e. The molecule has 3 nitrogen and oxygen atoms in total. The highest BCUT2D eigenvalue weighted by atomic mass is 79.9. The van der Waals surface area contributed by atoms with Crippen molar-refractivity contribution in [1.82, 2.24) is 4.98 Å². The average molecular weight is 306 g/mol. The van der Waals surface area contributed by atoms with E-state index in [-0.39, 0.29) is 5.78 Å². The summed E-state index contributed by atoms with van der Waals surface area (Å²) in [6, 6.07) is 10.9. The van der Waals surface area contributed by atoms with E-state index in [0.29, 0.717) is 17.9 Å². The summed E-state index contributed by atoms with van der Waals surface area (Å²) in [6.45, 7) is 1.92. The third kappa shape index (κ3) is 3.40. The molecule has 0 N–H and O–H groups in total. The van der Waals surface area contributed by atoms with Gasteiger partial charge in [-0.25, -0.2) is 0 Å². The summed E-state index contributed by atoms with van der Waals surface area (Å²) in [7, 11) is 0. The van der Waals surface area contributed by atoms with E-state index in [1.165, 1.54) is 6.92 Å². The van der Waals surface area contributed by atoms with Gasteiger partial charge in [0.1, 0.15) is 12.4 Å². The number of ether oxygens (including phenoxy) is 1. The normalized spacial score (nSPS) is 10.1. The van der Waals surface area contributed by atoms with Crippen molar-refractivity contribution in [2.24, 2.45) is 0 Å². The smallest absolute Gasteiger partial charge is 0.159 e. The number of rotatable bonds is 4. The molecule has 0 unspecified atom stereocenters. The molecule has 0 bridgehead atoms. The predicted octanol–water partition coefficient (Wildman–Crippen LogP) is 3.63. The summed E-state index contributed by atoms with van der Waals surface area (Å²) in [5.74, 6) is 0.703. The van der Waals surface area contributed by atoms with Crippen LogP contribution in [0.1, 0.15) is 23.0 Å². The number of carbonyl (C=O) groups is 1. The highest BCUT2D eigenvalue weighted by Crippen LogP contribution is 2.15. The first-order chi connectivity index (χ1) is 8.65. The van der Waals surface area contributed by atoms with Crippen LogP contribution in [0, 0.1) is 0 Å². The van der Waals surface area contributed by atoms with Crippen LogP contribution in [0.5, 0.6) is 5.75 Å². The number of pyridine rings is 1. The number of Topliss-reactive ketones (excluding diaryl/α,β-unsaturated/α-hetero) is 1. The van der Waals surface area contributed by atoms with Gasteiger partial charge in [-0.3, -0.25) is 9.78 Å². The number of hydrogen-bond donors (Lipinski definition) is 0. The highest BCUT2D eigenvalue weighted by molar-refractivity contribution is 9.10. The largest absolute Gasteiger partial charge is 0.487 e. The van der Waals surface area contributed by atoms with Gasteiger partial charge in [-0.2, -0.15) is 0 Å². The van der Waals surface area contributed by atoms with Gasteiger partial charge in [0.2, 0.25) is 0 Å². The molecule has 0 saturated carbocycles. The quantitative estimate of drug-likeness (QED) is 0.810. The van der Waals surface area contributed by atoms with Gasteiger partial charge in [0, 0.05) is 16.2 Å². The fourth-order valence-corrected chi connectivity index (χ4v) is 1.69. The zero-order valence-electron chi connectivity index (χ0n) is 9.89.